The van der Waals surface area contributed by atoms with Gasteiger partial charge in [-0.1, -0.05) is 6.92 Å². The van der Waals surface area contributed by atoms with E-state index in [0.29, 0.717) is 17.9 Å². The van der Waals surface area contributed by atoms with E-state index in [-0.39, 0.29) is 22.2 Å². The summed E-state index contributed by atoms with van der Waals surface area (Å²) in [7, 11) is -1.13. The Bertz CT molecular complexity index is 1050. The molecule has 174 valence electrons. The van der Waals surface area contributed by atoms with Crippen molar-refractivity contribution in [3.63, 3.8) is 0 Å². The Kier molecular flexibility index (Phi) is 7.81. The molecule has 0 radical (unpaired) electrons. The van der Waals surface area contributed by atoms with Gasteiger partial charge >= 0.3 is 0 Å². The first-order valence-electron chi connectivity index (χ1n) is 10.5. The number of nitrogens with one attached hydrogen (secondary N) is 3. The molecule has 0 aromatic heterocycles. The Labute approximate surface area is 189 Å². The molecule has 3 N–H and O–H groups in total. The highest BCUT2D eigenvalue weighted by Crippen LogP contribution is 2.31. The van der Waals surface area contributed by atoms with E-state index in [1.807, 2.05) is 6.92 Å². The quantitative estimate of drug-likeness (QED) is 0.523. The predicted octanol–water partition coefficient (Wildman–Crippen LogP) is 2.05. The van der Waals surface area contributed by atoms with Crippen LogP contribution in [0, 0.1) is 0 Å². The molecule has 0 unspecified atom stereocenters. The van der Waals surface area contributed by atoms with Crippen LogP contribution in [0.5, 0.6) is 11.5 Å². The second-order valence-electron chi connectivity index (χ2n) is 7.35. The van der Waals surface area contributed by atoms with Gasteiger partial charge in [-0.25, -0.2) is 8.42 Å². The van der Waals surface area contributed by atoms with Crippen LogP contribution in [-0.4, -0.2) is 61.3 Å². The smallest absolute Gasteiger partial charge is 0.265 e. The Balaban J connectivity index is 1.96. The molecule has 0 saturated carbocycles. The zero-order chi connectivity index (χ0) is 23.1. The molecule has 10 heteroatoms. The number of amides is 1. The fourth-order valence-electron chi connectivity index (χ4n) is 3.50. The molecule has 1 aliphatic rings. The molecule has 32 heavy (non-hydrogen) atoms. The van der Waals surface area contributed by atoms with E-state index in [4.69, 9.17) is 9.47 Å². The average Bonchev–Trinajstić information content (AvgIpc) is 2.82. The molecule has 0 aliphatic carbocycles. The van der Waals surface area contributed by atoms with Crippen molar-refractivity contribution in [2.75, 3.05) is 56.6 Å². The summed E-state index contributed by atoms with van der Waals surface area (Å²) in [6.07, 6.45) is 0.802. The molecule has 0 atom stereocenters. The number of piperazine rings is 1. The Hall–Kier alpha value is -2.98. The highest BCUT2D eigenvalue weighted by Gasteiger charge is 2.23. The molecule has 1 fully saturated rings. The maximum atomic E-state index is 13.1. The van der Waals surface area contributed by atoms with E-state index in [1.54, 1.807) is 24.3 Å². The summed E-state index contributed by atoms with van der Waals surface area (Å²) in [6.45, 7) is 5.68. The molecule has 1 heterocycles. The molecule has 2 aromatic rings. The van der Waals surface area contributed by atoms with Gasteiger partial charge in [0, 0.05) is 50.2 Å². The number of sulfonamides is 1. The van der Waals surface area contributed by atoms with Crippen molar-refractivity contribution in [2.24, 2.45) is 0 Å². The highest BCUT2D eigenvalue weighted by atomic mass is 32.2. The zero-order valence-corrected chi connectivity index (χ0v) is 19.4. The van der Waals surface area contributed by atoms with Crippen LogP contribution in [0.25, 0.3) is 0 Å². The lowest BCUT2D eigenvalue weighted by Crippen LogP contribution is -2.44. The van der Waals surface area contributed by atoms with Gasteiger partial charge in [0.25, 0.3) is 15.9 Å². The Morgan fingerprint density at radius 1 is 1.09 bits per heavy atom. The van der Waals surface area contributed by atoms with E-state index in [1.165, 1.54) is 26.4 Å². The SMILES string of the molecule is CCCNC(=O)c1cc(NS(=O)(=O)c2cc(OC)ccc2OC)ccc1N1CCNCC1. The van der Waals surface area contributed by atoms with Gasteiger partial charge in [0.05, 0.1) is 19.8 Å². The summed E-state index contributed by atoms with van der Waals surface area (Å²) in [5.41, 5.74) is 1.50. The summed E-state index contributed by atoms with van der Waals surface area (Å²) < 4.78 is 39.2. The molecule has 2 aromatic carbocycles. The van der Waals surface area contributed by atoms with Crippen LogP contribution in [-0.2, 0) is 10.0 Å². The number of benzene rings is 2. The van der Waals surface area contributed by atoms with E-state index in [2.05, 4.69) is 20.3 Å². The topological polar surface area (TPSA) is 109 Å². The third kappa shape index (κ3) is 5.43. The molecular formula is C22H30N4O5S. The van der Waals surface area contributed by atoms with Gasteiger partial charge in [0.2, 0.25) is 0 Å². The minimum Gasteiger partial charge on any atom is -0.497 e. The van der Waals surface area contributed by atoms with E-state index in [0.717, 1.165) is 38.3 Å². The molecular weight excluding hydrogens is 432 g/mol. The van der Waals surface area contributed by atoms with Crippen molar-refractivity contribution >= 4 is 27.3 Å². The molecule has 0 bridgehead atoms. The number of hydrogen-bond donors (Lipinski definition) is 3. The number of ether oxygens (including phenoxy) is 2. The number of carbonyl (C=O) groups excluding carboxylic acids is 1. The average molecular weight is 463 g/mol. The van der Waals surface area contributed by atoms with Crippen molar-refractivity contribution in [2.45, 2.75) is 18.2 Å². The first-order chi connectivity index (χ1) is 15.4. The number of nitrogens with zero attached hydrogens (tertiary/aromatic N) is 1. The van der Waals surface area contributed by atoms with E-state index < -0.39 is 10.0 Å². The number of rotatable bonds is 9. The normalized spacial score (nSPS) is 14.0. The van der Waals surface area contributed by atoms with Crippen LogP contribution >= 0.6 is 0 Å². The fraction of sp³-hybridized carbons (Fsp3) is 0.409. The Morgan fingerprint density at radius 3 is 2.50 bits per heavy atom. The maximum Gasteiger partial charge on any atom is 0.265 e. The van der Waals surface area contributed by atoms with Crippen LogP contribution in [0.4, 0.5) is 11.4 Å². The molecule has 3 rings (SSSR count). The third-order valence-corrected chi connectivity index (χ3v) is 6.55. The number of anilines is 2. The van der Waals surface area contributed by atoms with Gasteiger partial charge in [0.15, 0.2) is 0 Å². The monoisotopic (exact) mass is 462 g/mol. The van der Waals surface area contributed by atoms with Crippen LogP contribution < -0.4 is 29.7 Å². The predicted molar refractivity (Wildman–Crippen MR) is 125 cm³/mol. The van der Waals surface area contributed by atoms with Crippen LogP contribution in [0.2, 0.25) is 0 Å². The van der Waals surface area contributed by atoms with Crippen molar-refractivity contribution in [1.82, 2.24) is 10.6 Å². The third-order valence-electron chi connectivity index (χ3n) is 5.15. The lowest BCUT2D eigenvalue weighted by molar-refractivity contribution is 0.0954. The van der Waals surface area contributed by atoms with Crippen molar-refractivity contribution in [3.05, 3.63) is 42.0 Å². The van der Waals surface area contributed by atoms with Gasteiger partial charge in [-0.2, -0.15) is 0 Å². The standard InChI is InChI=1S/C22H30N4O5S/c1-4-9-24-22(27)18-14-16(5-7-19(18)26-12-10-23-11-13-26)25-32(28,29)21-15-17(30-2)6-8-20(21)31-3/h5-8,14-15,23,25H,4,9-13H2,1-3H3,(H,24,27). The highest BCUT2D eigenvalue weighted by molar-refractivity contribution is 7.92. The molecule has 0 spiro atoms. The van der Waals surface area contributed by atoms with Crippen molar-refractivity contribution in [1.29, 1.82) is 0 Å². The summed E-state index contributed by atoms with van der Waals surface area (Å²) in [6, 6.07) is 9.57. The van der Waals surface area contributed by atoms with Gasteiger partial charge in [-0.15, -0.1) is 0 Å². The lowest BCUT2D eigenvalue weighted by Gasteiger charge is -2.31. The maximum absolute atomic E-state index is 13.1. The number of methoxy groups -OCH3 is 2. The second-order valence-corrected chi connectivity index (χ2v) is 9.00. The van der Waals surface area contributed by atoms with Gasteiger partial charge in [-0.3, -0.25) is 9.52 Å². The summed E-state index contributed by atoms with van der Waals surface area (Å²) in [4.78, 5) is 14.9. The zero-order valence-electron chi connectivity index (χ0n) is 18.6. The van der Waals surface area contributed by atoms with Gasteiger partial charge in [0.1, 0.15) is 16.4 Å². The largest absolute Gasteiger partial charge is 0.497 e. The molecule has 1 aliphatic heterocycles. The van der Waals surface area contributed by atoms with Crippen molar-refractivity contribution < 1.29 is 22.7 Å². The number of hydrogen-bond acceptors (Lipinski definition) is 7. The van der Waals surface area contributed by atoms with Crippen LogP contribution in [0.1, 0.15) is 23.7 Å². The summed E-state index contributed by atoms with van der Waals surface area (Å²) in [5, 5.41) is 6.18. The second kappa shape index (κ2) is 10.6. The van der Waals surface area contributed by atoms with E-state index in [9.17, 15) is 13.2 Å². The Morgan fingerprint density at radius 2 is 1.84 bits per heavy atom. The van der Waals surface area contributed by atoms with Gasteiger partial charge < -0.3 is 25.0 Å². The molecule has 1 amide bonds. The summed E-state index contributed by atoms with van der Waals surface area (Å²) >= 11 is 0. The first kappa shape index (κ1) is 23.7. The lowest BCUT2D eigenvalue weighted by atomic mass is 10.1. The van der Waals surface area contributed by atoms with Crippen molar-refractivity contribution in [3.8, 4) is 11.5 Å². The minimum atomic E-state index is -4.00. The fourth-order valence-corrected chi connectivity index (χ4v) is 4.74. The van der Waals surface area contributed by atoms with Crippen LogP contribution in [0.3, 0.4) is 0 Å². The number of carbonyl (C=O) groups is 1. The summed E-state index contributed by atoms with van der Waals surface area (Å²) in [5.74, 6) is 0.344. The molecule has 1 saturated heterocycles. The first-order valence-corrected chi connectivity index (χ1v) is 12.0. The minimum absolute atomic E-state index is 0.0532. The molecule has 9 nitrogen and oxygen atoms in total. The van der Waals surface area contributed by atoms with Gasteiger partial charge in [-0.05, 0) is 36.8 Å². The van der Waals surface area contributed by atoms with E-state index >= 15 is 0 Å². The van der Waals surface area contributed by atoms with Crippen LogP contribution in [0.15, 0.2) is 41.3 Å².